The largest absolute Gasteiger partial charge is 0.496 e. The van der Waals surface area contributed by atoms with Crippen LogP contribution in [0.3, 0.4) is 0 Å². The zero-order valence-electron chi connectivity index (χ0n) is 11.3. The van der Waals surface area contributed by atoms with Gasteiger partial charge in [-0.2, -0.15) is 0 Å². The van der Waals surface area contributed by atoms with E-state index >= 15 is 0 Å². The van der Waals surface area contributed by atoms with Gasteiger partial charge in [0.05, 0.1) is 13.2 Å². The Hall–Kier alpha value is -1.71. The zero-order chi connectivity index (χ0) is 13.3. The summed E-state index contributed by atoms with van der Waals surface area (Å²) < 4.78 is 5.42. The molecule has 1 heterocycles. The van der Waals surface area contributed by atoms with Crippen LogP contribution in [0.15, 0.2) is 12.1 Å². The van der Waals surface area contributed by atoms with Crippen molar-refractivity contribution in [2.75, 3.05) is 13.7 Å². The van der Waals surface area contributed by atoms with Crippen LogP contribution >= 0.6 is 0 Å². The van der Waals surface area contributed by atoms with Crippen LogP contribution in [0, 0.1) is 6.92 Å². The molecule has 1 aromatic rings. The van der Waals surface area contributed by atoms with Crippen molar-refractivity contribution in [3.63, 3.8) is 0 Å². The SMILES string of the molecule is COc1cc(C)c(C2CNC(=O)N2)cc1C(C)C. The van der Waals surface area contributed by atoms with Gasteiger partial charge in [-0.1, -0.05) is 13.8 Å². The molecule has 0 saturated carbocycles. The fourth-order valence-corrected chi connectivity index (χ4v) is 2.36. The quantitative estimate of drug-likeness (QED) is 0.863. The lowest BCUT2D eigenvalue weighted by molar-refractivity contribution is 0.247. The van der Waals surface area contributed by atoms with E-state index in [1.807, 2.05) is 6.92 Å². The molecule has 0 aromatic heterocycles. The van der Waals surface area contributed by atoms with Crippen LogP contribution in [0.25, 0.3) is 0 Å². The molecule has 1 fully saturated rings. The van der Waals surface area contributed by atoms with E-state index in [9.17, 15) is 4.79 Å². The second kappa shape index (κ2) is 4.88. The highest BCUT2D eigenvalue weighted by Gasteiger charge is 2.24. The minimum absolute atomic E-state index is 0.0564. The number of benzene rings is 1. The molecule has 18 heavy (non-hydrogen) atoms. The fourth-order valence-electron chi connectivity index (χ4n) is 2.36. The standard InChI is InChI=1S/C14H20N2O2/c1-8(2)10-6-11(9(3)5-13(10)18-4)12-7-15-14(17)16-12/h5-6,8,12H,7H2,1-4H3,(H2,15,16,17). The molecule has 4 heteroatoms. The number of amides is 2. The number of hydrogen-bond donors (Lipinski definition) is 2. The fraction of sp³-hybridized carbons (Fsp3) is 0.500. The van der Waals surface area contributed by atoms with Crippen molar-refractivity contribution in [3.05, 3.63) is 28.8 Å². The molecule has 0 spiro atoms. The molecule has 2 N–H and O–H groups in total. The van der Waals surface area contributed by atoms with Crippen LogP contribution in [-0.4, -0.2) is 19.7 Å². The van der Waals surface area contributed by atoms with E-state index in [0.29, 0.717) is 12.5 Å². The second-order valence-electron chi connectivity index (χ2n) is 5.01. The smallest absolute Gasteiger partial charge is 0.315 e. The van der Waals surface area contributed by atoms with Crippen molar-refractivity contribution in [2.24, 2.45) is 0 Å². The maximum atomic E-state index is 11.2. The summed E-state index contributed by atoms with van der Waals surface area (Å²) in [5.74, 6) is 1.31. The summed E-state index contributed by atoms with van der Waals surface area (Å²) >= 11 is 0. The van der Waals surface area contributed by atoms with Gasteiger partial charge in [-0.05, 0) is 41.7 Å². The van der Waals surface area contributed by atoms with Crippen molar-refractivity contribution in [1.29, 1.82) is 0 Å². The summed E-state index contributed by atoms with van der Waals surface area (Å²) in [7, 11) is 1.69. The minimum Gasteiger partial charge on any atom is -0.496 e. The molecule has 1 aliphatic rings. The lowest BCUT2D eigenvalue weighted by Crippen LogP contribution is -2.22. The van der Waals surface area contributed by atoms with Crippen molar-refractivity contribution >= 4 is 6.03 Å². The van der Waals surface area contributed by atoms with E-state index in [-0.39, 0.29) is 12.1 Å². The summed E-state index contributed by atoms with van der Waals surface area (Å²) in [5.41, 5.74) is 3.49. The van der Waals surface area contributed by atoms with E-state index in [1.54, 1.807) is 7.11 Å². The number of hydrogen-bond acceptors (Lipinski definition) is 2. The first-order chi connectivity index (χ1) is 8.52. The summed E-state index contributed by atoms with van der Waals surface area (Å²) in [5, 5.41) is 5.72. The lowest BCUT2D eigenvalue weighted by atomic mass is 9.93. The number of methoxy groups -OCH3 is 1. The first-order valence-electron chi connectivity index (χ1n) is 6.25. The average molecular weight is 248 g/mol. The maximum absolute atomic E-state index is 11.2. The molecular formula is C14H20N2O2. The summed E-state index contributed by atoms with van der Waals surface area (Å²) in [6, 6.07) is 4.16. The van der Waals surface area contributed by atoms with Gasteiger partial charge < -0.3 is 15.4 Å². The predicted molar refractivity (Wildman–Crippen MR) is 71.1 cm³/mol. The van der Waals surface area contributed by atoms with Gasteiger partial charge in [0.2, 0.25) is 0 Å². The van der Waals surface area contributed by atoms with Gasteiger partial charge in [0.25, 0.3) is 0 Å². The van der Waals surface area contributed by atoms with E-state index in [0.717, 1.165) is 16.9 Å². The highest BCUT2D eigenvalue weighted by molar-refractivity contribution is 5.77. The molecule has 1 aliphatic heterocycles. The Balaban J connectivity index is 2.41. The third-order valence-corrected chi connectivity index (χ3v) is 3.39. The van der Waals surface area contributed by atoms with Crippen LogP contribution in [-0.2, 0) is 0 Å². The van der Waals surface area contributed by atoms with Crippen LogP contribution in [0.2, 0.25) is 0 Å². The monoisotopic (exact) mass is 248 g/mol. The molecule has 2 amide bonds. The lowest BCUT2D eigenvalue weighted by Gasteiger charge is -2.19. The van der Waals surface area contributed by atoms with Crippen LogP contribution in [0.5, 0.6) is 5.75 Å². The van der Waals surface area contributed by atoms with Gasteiger partial charge in [-0.25, -0.2) is 4.79 Å². The number of urea groups is 1. The maximum Gasteiger partial charge on any atom is 0.315 e. The average Bonchev–Trinajstić information content (AvgIpc) is 2.74. The third kappa shape index (κ3) is 2.28. The van der Waals surface area contributed by atoms with Gasteiger partial charge in [0.15, 0.2) is 0 Å². The minimum atomic E-state index is -0.0960. The molecule has 1 atom stereocenters. The van der Waals surface area contributed by atoms with E-state index < -0.39 is 0 Å². The Kier molecular flexibility index (Phi) is 3.45. The topological polar surface area (TPSA) is 50.4 Å². The normalized spacial score (nSPS) is 18.7. The van der Waals surface area contributed by atoms with Crippen LogP contribution < -0.4 is 15.4 Å². The first-order valence-corrected chi connectivity index (χ1v) is 6.25. The van der Waals surface area contributed by atoms with Crippen molar-refractivity contribution in [1.82, 2.24) is 10.6 Å². The number of aryl methyl sites for hydroxylation is 1. The number of ether oxygens (including phenoxy) is 1. The van der Waals surface area contributed by atoms with E-state index in [1.165, 1.54) is 5.56 Å². The summed E-state index contributed by atoms with van der Waals surface area (Å²) in [6.45, 7) is 6.97. The Bertz CT molecular complexity index is 469. The predicted octanol–water partition coefficient (Wildman–Crippen LogP) is 2.48. The Labute approximate surface area is 108 Å². The van der Waals surface area contributed by atoms with Gasteiger partial charge in [0, 0.05) is 6.54 Å². The molecule has 2 rings (SSSR count). The molecule has 1 unspecified atom stereocenters. The second-order valence-corrected chi connectivity index (χ2v) is 5.01. The van der Waals surface area contributed by atoms with Gasteiger partial charge >= 0.3 is 6.03 Å². The summed E-state index contributed by atoms with van der Waals surface area (Å²) in [6.07, 6.45) is 0. The molecule has 98 valence electrons. The Morgan fingerprint density at radius 2 is 2.11 bits per heavy atom. The molecule has 0 radical (unpaired) electrons. The zero-order valence-corrected chi connectivity index (χ0v) is 11.3. The van der Waals surface area contributed by atoms with Crippen molar-refractivity contribution < 1.29 is 9.53 Å². The van der Waals surface area contributed by atoms with Crippen LogP contribution in [0.4, 0.5) is 4.79 Å². The molecule has 4 nitrogen and oxygen atoms in total. The summed E-state index contributed by atoms with van der Waals surface area (Å²) in [4.78, 5) is 11.2. The molecule has 1 saturated heterocycles. The van der Waals surface area contributed by atoms with E-state index in [2.05, 4.69) is 36.6 Å². The first kappa shape index (κ1) is 12.7. The third-order valence-electron chi connectivity index (χ3n) is 3.39. The van der Waals surface area contributed by atoms with Gasteiger partial charge in [-0.15, -0.1) is 0 Å². The number of nitrogens with one attached hydrogen (secondary N) is 2. The molecular weight excluding hydrogens is 228 g/mol. The highest BCUT2D eigenvalue weighted by Crippen LogP contribution is 2.32. The Morgan fingerprint density at radius 3 is 2.61 bits per heavy atom. The van der Waals surface area contributed by atoms with Crippen molar-refractivity contribution in [3.8, 4) is 5.75 Å². The van der Waals surface area contributed by atoms with Crippen LogP contribution in [0.1, 0.15) is 42.5 Å². The van der Waals surface area contributed by atoms with Gasteiger partial charge in [-0.3, -0.25) is 0 Å². The molecule has 0 bridgehead atoms. The van der Waals surface area contributed by atoms with E-state index in [4.69, 9.17) is 4.74 Å². The molecule has 1 aromatic carbocycles. The number of carbonyl (C=O) groups excluding carboxylic acids is 1. The molecule has 0 aliphatic carbocycles. The number of rotatable bonds is 3. The van der Waals surface area contributed by atoms with Gasteiger partial charge in [0.1, 0.15) is 5.75 Å². The van der Waals surface area contributed by atoms with Crippen molar-refractivity contribution in [2.45, 2.75) is 32.7 Å². The number of carbonyl (C=O) groups is 1. The Morgan fingerprint density at radius 1 is 1.39 bits per heavy atom. The highest BCUT2D eigenvalue weighted by atomic mass is 16.5.